The monoisotopic (exact) mass is 357 g/mol. The second-order valence-electron chi connectivity index (χ2n) is 5.50. The van der Waals surface area contributed by atoms with E-state index in [1.165, 1.54) is 0 Å². The van der Waals surface area contributed by atoms with Crippen LogP contribution < -0.4 is 5.73 Å². The molecule has 23 heavy (non-hydrogen) atoms. The van der Waals surface area contributed by atoms with Gasteiger partial charge >= 0.3 is 0 Å². The molecule has 1 aromatic carbocycles. The van der Waals surface area contributed by atoms with E-state index in [4.69, 9.17) is 26.5 Å². The Bertz CT molecular complexity index is 648. The van der Waals surface area contributed by atoms with E-state index < -0.39 is 0 Å². The average Bonchev–Trinajstić information content (AvgIpc) is 2.89. The number of halogens is 2. The molecule has 0 amide bonds. The molecular formula is C16H21Cl2N3O2. The molecule has 0 spiro atoms. The topological polar surface area (TPSA) is 64.5 Å². The van der Waals surface area contributed by atoms with Crippen molar-refractivity contribution in [2.45, 2.75) is 19.6 Å². The van der Waals surface area contributed by atoms with Crippen molar-refractivity contribution in [1.82, 2.24) is 9.88 Å². The summed E-state index contributed by atoms with van der Waals surface area (Å²) < 4.78 is 11.4. The third kappa shape index (κ3) is 4.46. The van der Waals surface area contributed by atoms with E-state index in [0.29, 0.717) is 24.1 Å². The Hall–Kier alpha value is -1.11. The zero-order chi connectivity index (χ0) is 15.5. The maximum atomic E-state index is 6.03. The summed E-state index contributed by atoms with van der Waals surface area (Å²) in [5.74, 6) is 1.45. The van der Waals surface area contributed by atoms with Gasteiger partial charge in [-0.05, 0) is 25.1 Å². The molecule has 1 aliphatic rings. The normalized spacial score (nSPS) is 18.7. The molecule has 1 fully saturated rings. The molecule has 126 valence electrons. The number of ether oxygens (including phenoxy) is 1. The molecule has 1 unspecified atom stereocenters. The van der Waals surface area contributed by atoms with E-state index in [-0.39, 0.29) is 18.5 Å². The van der Waals surface area contributed by atoms with Crippen LogP contribution in [0.25, 0.3) is 11.5 Å². The molecule has 1 atom stereocenters. The Balaban J connectivity index is 0.00000192. The molecule has 0 saturated carbocycles. The second kappa shape index (κ2) is 8.13. The Morgan fingerprint density at radius 3 is 3.00 bits per heavy atom. The lowest BCUT2D eigenvalue weighted by molar-refractivity contribution is -0.0264. The van der Waals surface area contributed by atoms with Gasteiger partial charge in [-0.2, -0.15) is 0 Å². The molecule has 1 aliphatic heterocycles. The van der Waals surface area contributed by atoms with E-state index in [0.717, 1.165) is 36.7 Å². The molecule has 1 saturated heterocycles. The molecule has 0 bridgehead atoms. The molecule has 2 aromatic rings. The van der Waals surface area contributed by atoms with E-state index in [1.807, 2.05) is 31.2 Å². The van der Waals surface area contributed by atoms with Crippen LogP contribution in [0.1, 0.15) is 11.5 Å². The Morgan fingerprint density at radius 1 is 1.43 bits per heavy atom. The third-order valence-corrected chi connectivity index (χ3v) is 4.06. The van der Waals surface area contributed by atoms with Crippen molar-refractivity contribution in [3.63, 3.8) is 0 Å². The molecular weight excluding hydrogens is 337 g/mol. The van der Waals surface area contributed by atoms with Gasteiger partial charge in [-0.3, -0.25) is 4.90 Å². The molecule has 1 aromatic heterocycles. The van der Waals surface area contributed by atoms with Crippen molar-refractivity contribution in [1.29, 1.82) is 0 Å². The van der Waals surface area contributed by atoms with Crippen LogP contribution in [0.3, 0.4) is 0 Å². The minimum atomic E-state index is 0. The van der Waals surface area contributed by atoms with Gasteiger partial charge < -0.3 is 14.9 Å². The maximum Gasteiger partial charge on any atom is 0.226 e. The number of nitrogens with two attached hydrogens (primary N) is 1. The molecule has 0 radical (unpaired) electrons. The van der Waals surface area contributed by atoms with Gasteiger partial charge in [0.1, 0.15) is 5.76 Å². The van der Waals surface area contributed by atoms with Crippen molar-refractivity contribution in [3.8, 4) is 11.5 Å². The number of benzene rings is 1. The third-order valence-electron chi connectivity index (χ3n) is 3.82. The predicted octanol–water partition coefficient (Wildman–Crippen LogP) is 2.88. The summed E-state index contributed by atoms with van der Waals surface area (Å²) in [7, 11) is 0. The van der Waals surface area contributed by atoms with Crippen molar-refractivity contribution in [2.75, 3.05) is 26.2 Å². The Morgan fingerprint density at radius 2 is 2.26 bits per heavy atom. The molecule has 3 rings (SSSR count). The first-order valence-corrected chi connectivity index (χ1v) is 7.80. The summed E-state index contributed by atoms with van der Waals surface area (Å²) in [6, 6.07) is 7.53. The highest BCUT2D eigenvalue weighted by Crippen LogP contribution is 2.25. The highest BCUT2D eigenvalue weighted by molar-refractivity contribution is 6.30. The number of morpholine rings is 1. The lowest BCUT2D eigenvalue weighted by Gasteiger charge is -2.31. The van der Waals surface area contributed by atoms with Crippen LogP contribution in [0, 0.1) is 6.92 Å². The van der Waals surface area contributed by atoms with Gasteiger partial charge in [0.25, 0.3) is 0 Å². The molecule has 2 heterocycles. The second-order valence-corrected chi connectivity index (χ2v) is 5.93. The summed E-state index contributed by atoms with van der Waals surface area (Å²) in [6.45, 7) is 5.65. The molecule has 2 N–H and O–H groups in total. The van der Waals surface area contributed by atoms with Crippen LogP contribution >= 0.6 is 24.0 Å². The minimum Gasteiger partial charge on any atom is -0.441 e. The van der Waals surface area contributed by atoms with Gasteiger partial charge in [-0.15, -0.1) is 12.4 Å². The minimum absolute atomic E-state index is 0. The zero-order valence-electron chi connectivity index (χ0n) is 13.0. The van der Waals surface area contributed by atoms with E-state index in [9.17, 15) is 0 Å². The summed E-state index contributed by atoms with van der Waals surface area (Å²) in [5, 5.41) is 0.675. The van der Waals surface area contributed by atoms with Gasteiger partial charge in [0.05, 0.1) is 18.4 Å². The fourth-order valence-electron chi connectivity index (χ4n) is 2.60. The van der Waals surface area contributed by atoms with E-state index >= 15 is 0 Å². The van der Waals surface area contributed by atoms with Crippen molar-refractivity contribution < 1.29 is 9.15 Å². The van der Waals surface area contributed by atoms with Crippen molar-refractivity contribution in [3.05, 3.63) is 40.7 Å². The van der Waals surface area contributed by atoms with Crippen molar-refractivity contribution >= 4 is 24.0 Å². The highest BCUT2D eigenvalue weighted by atomic mass is 35.5. The first kappa shape index (κ1) is 18.2. The first-order valence-electron chi connectivity index (χ1n) is 7.42. The summed E-state index contributed by atoms with van der Waals surface area (Å²) in [6.07, 6.45) is 0.105. The number of rotatable bonds is 4. The standard InChI is InChI=1S/C16H20ClN3O2.ClH/c1-11-15(10-20-5-6-21-14(8-18)9-20)19-16(22-11)12-3-2-4-13(17)7-12;/h2-4,7,14H,5-6,8-10,18H2,1H3;1H. The van der Waals surface area contributed by atoms with Crippen molar-refractivity contribution in [2.24, 2.45) is 5.73 Å². The lowest BCUT2D eigenvalue weighted by Crippen LogP contribution is -2.45. The molecule has 5 nitrogen and oxygen atoms in total. The van der Waals surface area contributed by atoms with Gasteiger partial charge in [-0.1, -0.05) is 17.7 Å². The Labute approximate surface area is 147 Å². The van der Waals surface area contributed by atoms with Crippen LogP contribution in [-0.2, 0) is 11.3 Å². The summed E-state index contributed by atoms with van der Waals surface area (Å²) in [5.41, 5.74) is 7.53. The van der Waals surface area contributed by atoms with Crippen LogP contribution in [0.5, 0.6) is 0 Å². The number of oxazole rings is 1. The number of nitrogens with zero attached hydrogens (tertiary/aromatic N) is 2. The van der Waals surface area contributed by atoms with E-state index in [2.05, 4.69) is 9.88 Å². The van der Waals surface area contributed by atoms with E-state index in [1.54, 1.807) is 0 Å². The maximum absolute atomic E-state index is 6.03. The lowest BCUT2D eigenvalue weighted by atomic mass is 10.2. The smallest absolute Gasteiger partial charge is 0.226 e. The Kier molecular flexibility index (Phi) is 6.44. The fourth-order valence-corrected chi connectivity index (χ4v) is 2.79. The average molecular weight is 358 g/mol. The number of hydrogen-bond acceptors (Lipinski definition) is 5. The van der Waals surface area contributed by atoms with Gasteiger partial charge in [-0.25, -0.2) is 4.98 Å². The van der Waals surface area contributed by atoms with Gasteiger partial charge in [0.15, 0.2) is 0 Å². The van der Waals surface area contributed by atoms with Crippen LogP contribution in [0.4, 0.5) is 0 Å². The summed E-state index contributed by atoms with van der Waals surface area (Å²) in [4.78, 5) is 6.93. The fraction of sp³-hybridized carbons (Fsp3) is 0.438. The largest absolute Gasteiger partial charge is 0.441 e. The number of hydrogen-bond donors (Lipinski definition) is 1. The molecule has 7 heteroatoms. The quantitative estimate of drug-likeness (QED) is 0.911. The highest BCUT2D eigenvalue weighted by Gasteiger charge is 2.21. The zero-order valence-corrected chi connectivity index (χ0v) is 14.6. The van der Waals surface area contributed by atoms with Gasteiger partial charge in [0.2, 0.25) is 5.89 Å². The van der Waals surface area contributed by atoms with Crippen LogP contribution in [0.2, 0.25) is 5.02 Å². The number of aromatic nitrogens is 1. The van der Waals surface area contributed by atoms with Crippen LogP contribution in [-0.4, -0.2) is 42.2 Å². The number of aryl methyl sites for hydroxylation is 1. The molecule has 0 aliphatic carbocycles. The SMILES string of the molecule is Cc1oc(-c2cccc(Cl)c2)nc1CN1CCOC(CN)C1.Cl. The van der Waals surface area contributed by atoms with Crippen LogP contribution in [0.15, 0.2) is 28.7 Å². The van der Waals surface area contributed by atoms with Gasteiger partial charge in [0, 0.05) is 36.8 Å². The summed E-state index contributed by atoms with van der Waals surface area (Å²) >= 11 is 6.03. The first-order chi connectivity index (χ1) is 10.7. The predicted molar refractivity (Wildman–Crippen MR) is 93.0 cm³/mol.